The van der Waals surface area contributed by atoms with Crippen LogP contribution < -0.4 is 5.32 Å². The van der Waals surface area contributed by atoms with E-state index in [2.05, 4.69) is 17.9 Å². The number of esters is 1. The first-order valence-electron chi connectivity index (χ1n) is 9.96. The second-order valence-electron chi connectivity index (χ2n) is 7.55. The number of methoxy groups -OCH3 is 1. The zero-order valence-electron chi connectivity index (χ0n) is 17.2. The summed E-state index contributed by atoms with van der Waals surface area (Å²) in [5, 5.41) is 24.3. The second-order valence-corrected chi connectivity index (χ2v) is 9.24. The Morgan fingerprint density at radius 3 is 2.81 bits per heavy atom. The van der Waals surface area contributed by atoms with Gasteiger partial charge in [-0.05, 0) is 36.4 Å². The molecule has 9 heteroatoms. The molecule has 7 nitrogen and oxygen atoms in total. The minimum atomic E-state index is -0.790. The van der Waals surface area contributed by atoms with Crippen molar-refractivity contribution in [2.24, 2.45) is 5.92 Å². The molecule has 3 unspecified atom stereocenters. The van der Waals surface area contributed by atoms with Crippen molar-refractivity contribution in [1.29, 1.82) is 0 Å². The third-order valence-electron chi connectivity index (χ3n) is 5.68. The van der Waals surface area contributed by atoms with Crippen molar-refractivity contribution in [3.63, 3.8) is 0 Å². The van der Waals surface area contributed by atoms with Crippen molar-refractivity contribution < 1.29 is 24.5 Å². The zero-order valence-corrected chi connectivity index (χ0v) is 18.9. The molecule has 0 bridgehead atoms. The number of nitrogens with one attached hydrogen (secondary N) is 1. The lowest BCUT2D eigenvalue weighted by molar-refractivity contribution is -0.157. The summed E-state index contributed by atoms with van der Waals surface area (Å²) >= 11 is 6.02. The fourth-order valence-corrected chi connectivity index (χ4v) is 6.04. The van der Waals surface area contributed by atoms with Crippen LogP contribution in [0.2, 0.25) is 0 Å². The number of thioether (sulfide) groups is 1. The van der Waals surface area contributed by atoms with Gasteiger partial charge in [-0.15, -0.1) is 12.6 Å². The molecule has 2 aromatic carbocycles. The summed E-state index contributed by atoms with van der Waals surface area (Å²) in [4.78, 5) is 27.9. The summed E-state index contributed by atoms with van der Waals surface area (Å²) in [5.74, 6) is -1.37. The number of fused-ring (bicyclic) bond motifs is 2. The van der Waals surface area contributed by atoms with Crippen LogP contribution >= 0.6 is 24.4 Å². The van der Waals surface area contributed by atoms with Crippen LogP contribution in [0.3, 0.4) is 0 Å². The van der Waals surface area contributed by atoms with E-state index in [0.29, 0.717) is 17.9 Å². The van der Waals surface area contributed by atoms with Crippen LogP contribution in [-0.2, 0) is 20.7 Å². The van der Waals surface area contributed by atoms with E-state index in [0.717, 1.165) is 26.9 Å². The number of carbonyl (C=O) groups excluding carboxylic acids is 2. The topological polar surface area (TPSA) is 99.1 Å². The van der Waals surface area contributed by atoms with Gasteiger partial charge in [0.1, 0.15) is 11.1 Å². The predicted molar refractivity (Wildman–Crippen MR) is 123 cm³/mol. The third-order valence-corrected chi connectivity index (χ3v) is 7.42. The number of carbonyl (C=O) groups is 2. The van der Waals surface area contributed by atoms with Crippen LogP contribution in [0.15, 0.2) is 45.8 Å². The molecule has 164 valence electrons. The highest BCUT2D eigenvalue weighted by Crippen LogP contribution is 2.50. The molecule has 2 aliphatic rings. The lowest BCUT2D eigenvalue weighted by Gasteiger charge is -2.43. The summed E-state index contributed by atoms with van der Waals surface area (Å²) in [6, 6.07) is 9.72. The van der Waals surface area contributed by atoms with Crippen molar-refractivity contribution in [2.45, 2.75) is 29.7 Å². The van der Waals surface area contributed by atoms with Crippen molar-refractivity contribution in [3.8, 4) is 0 Å². The Morgan fingerprint density at radius 1 is 1.35 bits per heavy atom. The molecule has 4 rings (SSSR count). The summed E-state index contributed by atoms with van der Waals surface area (Å²) in [6.07, 6.45) is -0.247. The van der Waals surface area contributed by atoms with Gasteiger partial charge >= 0.3 is 5.97 Å². The number of hydrogen-bond acceptors (Lipinski definition) is 8. The highest BCUT2D eigenvalue weighted by molar-refractivity contribution is 8.04. The maximum absolute atomic E-state index is 12.5. The molecular weight excluding hydrogens is 436 g/mol. The average molecular weight is 461 g/mol. The molecule has 2 heterocycles. The van der Waals surface area contributed by atoms with E-state index in [-0.39, 0.29) is 23.6 Å². The molecule has 31 heavy (non-hydrogen) atoms. The summed E-state index contributed by atoms with van der Waals surface area (Å²) in [6.45, 7) is 1.96. The second kappa shape index (κ2) is 8.74. The smallest absolute Gasteiger partial charge is 0.355 e. The van der Waals surface area contributed by atoms with Gasteiger partial charge in [-0.3, -0.25) is 9.69 Å². The number of benzene rings is 2. The Kier molecular flexibility index (Phi) is 6.20. The number of amides is 1. The highest BCUT2D eigenvalue weighted by atomic mass is 32.2. The highest BCUT2D eigenvalue weighted by Gasteiger charge is 2.57. The number of β-lactam (4-membered cyclic amide) rings is 1. The maximum atomic E-state index is 12.5. The number of ether oxygens (including phenoxy) is 1. The van der Waals surface area contributed by atoms with E-state index in [1.807, 2.05) is 30.3 Å². The number of thiol groups is 1. The van der Waals surface area contributed by atoms with Gasteiger partial charge in [0.05, 0.1) is 19.1 Å². The van der Waals surface area contributed by atoms with Crippen LogP contribution in [0.4, 0.5) is 5.69 Å². The molecule has 1 saturated heterocycles. The first-order valence-corrected chi connectivity index (χ1v) is 11.3. The number of aliphatic hydroxyl groups is 2. The van der Waals surface area contributed by atoms with Crippen LogP contribution in [-0.4, -0.2) is 58.7 Å². The monoisotopic (exact) mass is 460 g/mol. The van der Waals surface area contributed by atoms with Gasteiger partial charge in [0, 0.05) is 34.0 Å². The molecule has 0 saturated carbocycles. The van der Waals surface area contributed by atoms with Gasteiger partial charge in [-0.2, -0.15) is 0 Å². The standard InChI is InChI=1S/C22H24N2O5S2/c1-11(26)17-20(27)24-19(22(28)29-2)16(31-21(17)24)10-23-14-5-3-4-13-12(8-9-25)6-7-15(30)18(13)14/h3-7,11,17,21,23,25-26,30H,8-10H2,1-2H3. The molecule has 0 aliphatic carbocycles. The minimum absolute atomic E-state index is 0.0559. The molecule has 1 amide bonds. The van der Waals surface area contributed by atoms with E-state index in [1.165, 1.54) is 23.8 Å². The van der Waals surface area contributed by atoms with Gasteiger partial charge in [-0.1, -0.05) is 30.0 Å². The number of rotatable bonds is 7. The molecule has 0 aromatic heterocycles. The number of hydrogen-bond donors (Lipinski definition) is 4. The third kappa shape index (κ3) is 3.69. The van der Waals surface area contributed by atoms with E-state index in [4.69, 9.17) is 4.74 Å². The Hall–Kier alpha value is -2.20. The summed E-state index contributed by atoms with van der Waals surface area (Å²) < 4.78 is 4.91. The molecule has 3 atom stereocenters. The summed E-state index contributed by atoms with van der Waals surface area (Å²) in [7, 11) is 1.29. The van der Waals surface area contributed by atoms with Crippen LogP contribution in [0, 0.1) is 5.92 Å². The Morgan fingerprint density at radius 2 is 2.13 bits per heavy atom. The first-order chi connectivity index (χ1) is 14.9. The lowest BCUT2D eigenvalue weighted by Crippen LogP contribution is -2.60. The van der Waals surface area contributed by atoms with E-state index in [9.17, 15) is 19.8 Å². The van der Waals surface area contributed by atoms with Crippen LogP contribution in [0.1, 0.15) is 12.5 Å². The zero-order chi connectivity index (χ0) is 22.3. The van der Waals surface area contributed by atoms with Crippen LogP contribution in [0.25, 0.3) is 10.8 Å². The van der Waals surface area contributed by atoms with Crippen molar-refractivity contribution in [3.05, 3.63) is 46.5 Å². The quantitative estimate of drug-likeness (QED) is 0.286. The Bertz CT molecular complexity index is 1090. The normalized spacial score (nSPS) is 21.2. The number of aliphatic hydroxyl groups excluding tert-OH is 2. The van der Waals surface area contributed by atoms with Gasteiger partial charge in [0.2, 0.25) is 5.91 Å². The Labute approximate surface area is 189 Å². The number of nitrogens with zero attached hydrogens (tertiary/aromatic N) is 1. The molecule has 3 N–H and O–H groups in total. The molecular formula is C22H24N2O5S2. The van der Waals surface area contributed by atoms with Crippen LogP contribution in [0.5, 0.6) is 0 Å². The fourth-order valence-electron chi connectivity index (χ4n) is 4.17. The SMILES string of the molecule is COC(=O)C1=C(CNc2cccc3c(CCO)ccc(S)c23)SC2C(C(C)O)C(=O)N12. The molecule has 1 fully saturated rings. The lowest BCUT2D eigenvalue weighted by atomic mass is 9.92. The van der Waals surface area contributed by atoms with Gasteiger partial charge < -0.3 is 20.3 Å². The summed E-state index contributed by atoms with van der Waals surface area (Å²) in [5.41, 5.74) is 2.10. The van der Waals surface area contributed by atoms with Gasteiger partial charge in [0.25, 0.3) is 0 Å². The average Bonchev–Trinajstić information content (AvgIpc) is 3.07. The molecule has 0 radical (unpaired) electrons. The van der Waals surface area contributed by atoms with E-state index in [1.54, 1.807) is 6.92 Å². The fraction of sp³-hybridized carbons (Fsp3) is 0.364. The Balaban J connectivity index is 1.65. The maximum Gasteiger partial charge on any atom is 0.355 e. The molecule has 2 aliphatic heterocycles. The van der Waals surface area contributed by atoms with E-state index < -0.39 is 18.0 Å². The van der Waals surface area contributed by atoms with Crippen molar-refractivity contribution in [2.75, 3.05) is 25.6 Å². The number of anilines is 1. The van der Waals surface area contributed by atoms with Gasteiger partial charge in [-0.25, -0.2) is 4.79 Å². The first kappa shape index (κ1) is 22.0. The van der Waals surface area contributed by atoms with Crippen molar-refractivity contribution >= 4 is 52.7 Å². The predicted octanol–water partition coefficient (Wildman–Crippen LogP) is 2.37. The molecule has 2 aromatic rings. The van der Waals surface area contributed by atoms with Gasteiger partial charge in [0.15, 0.2) is 0 Å². The molecule has 0 spiro atoms. The largest absolute Gasteiger partial charge is 0.464 e. The van der Waals surface area contributed by atoms with E-state index >= 15 is 0 Å². The van der Waals surface area contributed by atoms with Crippen molar-refractivity contribution in [1.82, 2.24) is 4.90 Å². The minimum Gasteiger partial charge on any atom is -0.464 e.